The van der Waals surface area contributed by atoms with Crippen molar-refractivity contribution in [2.75, 3.05) is 0 Å². The number of nitrogens with one attached hydrogen (secondary N) is 1. The summed E-state index contributed by atoms with van der Waals surface area (Å²) < 4.78 is 27.4. The Bertz CT molecular complexity index is 705. The molecule has 1 N–H and O–H groups in total. The maximum absolute atomic E-state index is 12.4. The van der Waals surface area contributed by atoms with Crippen LogP contribution in [0.15, 0.2) is 23.1 Å². The minimum absolute atomic E-state index is 0.123. The van der Waals surface area contributed by atoms with Crippen molar-refractivity contribution in [1.82, 2.24) is 4.72 Å². The first-order valence-corrected chi connectivity index (χ1v) is 7.87. The van der Waals surface area contributed by atoms with Crippen LogP contribution < -0.4 is 4.72 Å². The Morgan fingerprint density at radius 2 is 1.90 bits per heavy atom. The van der Waals surface area contributed by atoms with E-state index in [1.54, 1.807) is 6.92 Å². The molecule has 0 amide bonds. The highest BCUT2D eigenvalue weighted by atomic mass is 32.2. The van der Waals surface area contributed by atoms with Crippen LogP contribution in [-0.4, -0.2) is 14.0 Å². The quantitative estimate of drug-likeness (QED) is 0.920. The van der Waals surface area contributed by atoms with Gasteiger partial charge in [-0.2, -0.15) is 15.2 Å². The lowest BCUT2D eigenvalue weighted by Gasteiger charge is -2.22. The van der Waals surface area contributed by atoms with E-state index in [9.17, 15) is 13.7 Å². The first-order valence-electron chi connectivity index (χ1n) is 6.38. The molecule has 0 heterocycles. The van der Waals surface area contributed by atoms with Crippen molar-refractivity contribution in [3.05, 3.63) is 29.3 Å². The standard InChI is InChI=1S/C14H15N3O2S/c1-11-8-12(9-15)4-5-13(11)20(18,19)17-14(10-16)6-2-3-7-14/h4-5,8,17H,2-3,6-7H2,1H3. The van der Waals surface area contributed by atoms with Gasteiger partial charge in [-0.15, -0.1) is 0 Å². The monoisotopic (exact) mass is 289 g/mol. The van der Waals surface area contributed by atoms with E-state index in [2.05, 4.69) is 10.8 Å². The van der Waals surface area contributed by atoms with Crippen LogP contribution in [0.4, 0.5) is 0 Å². The van der Waals surface area contributed by atoms with Gasteiger partial charge in [0.05, 0.1) is 22.6 Å². The van der Waals surface area contributed by atoms with Gasteiger partial charge < -0.3 is 0 Å². The van der Waals surface area contributed by atoms with Gasteiger partial charge in [0.25, 0.3) is 0 Å². The molecule has 20 heavy (non-hydrogen) atoms. The highest BCUT2D eigenvalue weighted by Gasteiger charge is 2.38. The third kappa shape index (κ3) is 2.67. The van der Waals surface area contributed by atoms with Gasteiger partial charge in [0.1, 0.15) is 5.54 Å². The molecule has 0 radical (unpaired) electrons. The van der Waals surface area contributed by atoms with Gasteiger partial charge in [0.15, 0.2) is 0 Å². The Balaban J connectivity index is 2.37. The summed E-state index contributed by atoms with van der Waals surface area (Å²) in [6.07, 6.45) is 2.78. The highest BCUT2D eigenvalue weighted by Crippen LogP contribution is 2.31. The van der Waals surface area contributed by atoms with Crippen LogP contribution in [-0.2, 0) is 10.0 Å². The second-order valence-electron chi connectivity index (χ2n) is 5.10. The molecule has 2 rings (SSSR count). The van der Waals surface area contributed by atoms with Crippen molar-refractivity contribution in [1.29, 1.82) is 10.5 Å². The van der Waals surface area contributed by atoms with Crippen molar-refractivity contribution in [2.45, 2.75) is 43.0 Å². The molecule has 5 nitrogen and oxygen atoms in total. The Morgan fingerprint density at radius 3 is 2.40 bits per heavy atom. The minimum Gasteiger partial charge on any atom is -0.207 e. The fraction of sp³-hybridized carbons (Fsp3) is 0.429. The van der Waals surface area contributed by atoms with E-state index in [0.29, 0.717) is 24.0 Å². The normalized spacial score (nSPS) is 17.4. The van der Waals surface area contributed by atoms with E-state index >= 15 is 0 Å². The smallest absolute Gasteiger partial charge is 0.207 e. The summed E-state index contributed by atoms with van der Waals surface area (Å²) in [4.78, 5) is 0.123. The lowest BCUT2D eigenvalue weighted by atomic mass is 10.0. The van der Waals surface area contributed by atoms with Crippen molar-refractivity contribution < 1.29 is 8.42 Å². The zero-order valence-corrected chi connectivity index (χ0v) is 12.0. The third-order valence-corrected chi connectivity index (χ3v) is 5.29. The number of aryl methyl sites for hydroxylation is 1. The SMILES string of the molecule is Cc1cc(C#N)ccc1S(=O)(=O)NC1(C#N)CCCC1. The predicted octanol–water partition coefficient (Wildman–Crippen LogP) is 1.98. The summed E-state index contributed by atoms with van der Waals surface area (Å²) in [5.74, 6) is 0. The van der Waals surface area contributed by atoms with Gasteiger partial charge in [-0.25, -0.2) is 8.42 Å². The lowest BCUT2D eigenvalue weighted by molar-refractivity contribution is 0.485. The van der Waals surface area contributed by atoms with Crippen molar-refractivity contribution in [3.8, 4) is 12.1 Å². The van der Waals surface area contributed by atoms with Crippen LogP contribution in [0.25, 0.3) is 0 Å². The van der Waals surface area contributed by atoms with E-state index in [-0.39, 0.29) is 4.90 Å². The molecular formula is C14H15N3O2S. The van der Waals surface area contributed by atoms with Gasteiger partial charge in [-0.3, -0.25) is 0 Å². The average molecular weight is 289 g/mol. The summed E-state index contributed by atoms with van der Waals surface area (Å²) >= 11 is 0. The number of hydrogen-bond acceptors (Lipinski definition) is 4. The summed E-state index contributed by atoms with van der Waals surface area (Å²) in [5.41, 5.74) is -0.0703. The minimum atomic E-state index is -3.75. The number of sulfonamides is 1. The van der Waals surface area contributed by atoms with Crippen molar-refractivity contribution in [2.24, 2.45) is 0 Å². The Morgan fingerprint density at radius 1 is 1.25 bits per heavy atom. The fourth-order valence-electron chi connectivity index (χ4n) is 2.55. The van der Waals surface area contributed by atoms with E-state index in [0.717, 1.165) is 12.8 Å². The van der Waals surface area contributed by atoms with E-state index in [4.69, 9.17) is 5.26 Å². The summed E-state index contributed by atoms with van der Waals surface area (Å²) in [5, 5.41) is 18.1. The third-order valence-electron chi connectivity index (χ3n) is 3.59. The second-order valence-corrected chi connectivity index (χ2v) is 6.75. The number of nitrogens with zero attached hydrogens (tertiary/aromatic N) is 2. The topological polar surface area (TPSA) is 93.8 Å². The highest BCUT2D eigenvalue weighted by molar-refractivity contribution is 7.89. The predicted molar refractivity (Wildman–Crippen MR) is 73.0 cm³/mol. The van der Waals surface area contributed by atoms with Gasteiger partial charge >= 0.3 is 0 Å². The summed E-state index contributed by atoms with van der Waals surface area (Å²) in [6.45, 7) is 1.64. The van der Waals surface area contributed by atoms with Gasteiger partial charge in [-0.1, -0.05) is 12.8 Å². The molecule has 1 aliphatic rings. The first-order chi connectivity index (χ1) is 9.42. The fourth-order valence-corrected chi connectivity index (χ4v) is 4.15. The first kappa shape index (κ1) is 14.5. The van der Waals surface area contributed by atoms with Crippen LogP contribution in [0, 0.1) is 29.6 Å². The van der Waals surface area contributed by atoms with E-state index in [1.807, 2.05) is 6.07 Å². The molecule has 0 aliphatic heterocycles. The van der Waals surface area contributed by atoms with Gasteiger partial charge in [0, 0.05) is 0 Å². The summed E-state index contributed by atoms with van der Waals surface area (Å²) in [7, 11) is -3.75. The Kier molecular flexibility index (Phi) is 3.80. The maximum Gasteiger partial charge on any atom is 0.242 e. The largest absolute Gasteiger partial charge is 0.242 e. The molecular weight excluding hydrogens is 274 g/mol. The molecule has 1 aromatic rings. The molecule has 104 valence electrons. The van der Waals surface area contributed by atoms with Crippen LogP contribution in [0.1, 0.15) is 36.8 Å². The molecule has 0 spiro atoms. The van der Waals surface area contributed by atoms with Crippen LogP contribution >= 0.6 is 0 Å². The Labute approximate surface area is 118 Å². The van der Waals surface area contributed by atoms with Crippen molar-refractivity contribution in [3.63, 3.8) is 0 Å². The van der Waals surface area contributed by atoms with Gasteiger partial charge in [0.2, 0.25) is 10.0 Å². The van der Waals surface area contributed by atoms with Gasteiger partial charge in [-0.05, 0) is 43.5 Å². The molecule has 6 heteroatoms. The zero-order chi connectivity index (χ0) is 14.8. The maximum atomic E-state index is 12.4. The average Bonchev–Trinajstić information content (AvgIpc) is 2.86. The number of hydrogen-bond donors (Lipinski definition) is 1. The molecule has 1 saturated carbocycles. The molecule has 0 saturated heterocycles. The summed E-state index contributed by atoms with van der Waals surface area (Å²) in [6, 6.07) is 8.48. The Hall–Kier alpha value is -1.89. The van der Waals surface area contributed by atoms with Crippen LogP contribution in [0.5, 0.6) is 0 Å². The van der Waals surface area contributed by atoms with E-state index < -0.39 is 15.6 Å². The molecule has 0 aromatic heterocycles. The number of benzene rings is 1. The molecule has 0 unspecified atom stereocenters. The molecule has 1 aromatic carbocycles. The van der Waals surface area contributed by atoms with Crippen LogP contribution in [0.3, 0.4) is 0 Å². The number of nitriles is 2. The lowest BCUT2D eigenvalue weighted by Crippen LogP contribution is -2.45. The molecule has 1 fully saturated rings. The second kappa shape index (κ2) is 5.24. The number of rotatable bonds is 3. The van der Waals surface area contributed by atoms with Crippen LogP contribution in [0.2, 0.25) is 0 Å². The zero-order valence-electron chi connectivity index (χ0n) is 11.2. The molecule has 1 aliphatic carbocycles. The molecule has 0 atom stereocenters. The van der Waals surface area contributed by atoms with E-state index in [1.165, 1.54) is 18.2 Å². The van der Waals surface area contributed by atoms with Crippen molar-refractivity contribution >= 4 is 10.0 Å². The molecule has 0 bridgehead atoms.